The number of nitrogens with one attached hydrogen (secondary N) is 1. The van der Waals surface area contributed by atoms with Crippen LogP contribution < -0.4 is 5.32 Å². The zero-order valence-electron chi connectivity index (χ0n) is 9.51. The highest BCUT2D eigenvalue weighted by Crippen LogP contribution is 2.25. The predicted molar refractivity (Wildman–Crippen MR) is 59.3 cm³/mol. The first-order valence-corrected chi connectivity index (χ1v) is 5.90. The number of carbonyl (C=O) groups is 1. The molecule has 0 aliphatic heterocycles. The number of ketones is 1. The Hall–Kier alpha value is -0.880. The second-order valence-electron chi connectivity index (χ2n) is 4.37. The summed E-state index contributed by atoms with van der Waals surface area (Å²) in [6, 6.07) is 2.35. The molecule has 0 bridgehead atoms. The molecular weight excluding hydrogens is 188 g/mol. The Morgan fingerprint density at radius 2 is 2.07 bits per heavy atom. The van der Waals surface area contributed by atoms with Crippen molar-refractivity contribution in [2.45, 2.75) is 57.4 Å². The van der Waals surface area contributed by atoms with Crippen LogP contribution in [0.4, 0.5) is 0 Å². The average Bonchev–Trinajstić information content (AvgIpc) is 2.28. The monoisotopic (exact) mass is 208 g/mol. The third kappa shape index (κ3) is 3.64. The molecule has 15 heavy (non-hydrogen) atoms. The topological polar surface area (TPSA) is 52.9 Å². The molecular formula is C12H20N2O. The molecule has 84 valence electrons. The van der Waals surface area contributed by atoms with Gasteiger partial charge in [0, 0.05) is 12.8 Å². The van der Waals surface area contributed by atoms with E-state index in [1.54, 1.807) is 0 Å². The average molecular weight is 208 g/mol. The zero-order chi connectivity index (χ0) is 11.1. The molecule has 0 aromatic carbocycles. The largest absolute Gasteiger partial charge is 0.300 e. The van der Waals surface area contributed by atoms with Crippen LogP contribution in [0, 0.1) is 11.3 Å². The van der Waals surface area contributed by atoms with Crippen molar-refractivity contribution in [3.05, 3.63) is 0 Å². The van der Waals surface area contributed by atoms with E-state index in [0.29, 0.717) is 31.5 Å². The van der Waals surface area contributed by atoms with E-state index in [1.165, 1.54) is 12.8 Å². The number of carbonyl (C=O) groups excluding carboxylic acids is 1. The summed E-state index contributed by atoms with van der Waals surface area (Å²) in [6.45, 7) is 3.06. The van der Waals surface area contributed by atoms with Crippen LogP contribution in [0.5, 0.6) is 0 Å². The molecule has 0 unspecified atom stereocenters. The molecule has 3 nitrogen and oxygen atoms in total. The van der Waals surface area contributed by atoms with Crippen LogP contribution in [-0.2, 0) is 4.79 Å². The second kappa shape index (κ2) is 5.87. The van der Waals surface area contributed by atoms with Gasteiger partial charge in [-0.1, -0.05) is 19.8 Å². The van der Waals surface area contributed by atoms with Crippen LogP contribution in [0.3, 0.4) is 0 Å². The number of nitrogens with zero attached hydrogens (tertiary/aromatic N) is 1. The standard InChI is InChI=1S/C12H20N2O/c1-2-3-4-9-14-12(10-13)7-5-11(15)6-8-12/h14H,2-9H2,1H3. The summed E-state index contributed by atoms with van der Waals surface area (Å²) in [5.41, 5.74) is -0.415. The van der Waals surface area contributed by atoms with Gasteiger partial charge in [0.1, 0.15) is 11.3 Å². The molecule has 0 atom stereocenters. The van der Waals surface area contributed by atoms with E-state index in [2.05, 4.69) is 18.3 Å². The summed E-state index contributed by atoms with van der Waals surface area (Å²) in [5, 5.41) is 12.5. The molecule has 0 heterocycles. The van der Waals surface area contributed by atoms with Crippen molar-refractivity contribution in [3.63, 3.8) is 0 Å². The lowest BCUT2D eigenvalue weighted by Crippen LogP contribution is -2.47. The van der Waals surface area contributed by atoms with Crippen molar-refractivity contribution >= 4 is 5.78 Å². The lowest BCUT2D eigenvalue weighted by Gasteiger charge is -2.31. The molecule has 3 heteroatoms. The quantitative estimate of drug-likeness (QED) is 0.704. The first-order chi connectivity index (χ1) is 7.22. The van der Waals surface area contributed by atoms with Gasteiger partial charge in [0.2, 0.25) is 0 Å². The summed E-state index contributed by atoms with van der Waals surface area (Å²) in [7, 11) is 0. The van der Waals surface area contributed by atoms with E-state index in [0.717, 1.165) is 13.0 Å². The van der Waals surface area contributed by atoms with Gasteiger partial charge < -0.3 is 0 Å². The molecule has 1 saturated carbocycles. The Morgan fingerprint density at radius 1 is 1.40 bits per heavy atom. The van der Waals surface area contributed by atoms with Crippen molar-refractivity contribution < 1.29 is 4.79 Å². The number of rotatable bonds is 5. The van der Waals surface area contributed by atoms with Gasteiger partial charge in [0.15, 0.2) is 0 Å². The maximum Gasteiger partial charge on any atom is 0.133 e. The minimum atomic E-state index is -0.415. The fourth-order valence-corrected chi connectivity index (χ4v) is 1.99. The van der Waals surface area contributed by atoms with E-state index >= 15 is 0 Å². The summed E-state index contributed by atoms with van der Waals surface area (Å²) >= 11 is 0. The SMILES string of the molecule is CCCCCNC1(C#N)CCC(=O)CC1. The highest BCUT2D eigenvalue weighted by molar-refractivity contribution is 5.79. The Labute approximate surface area is 91.9 Å². The molecule has 0 radical (unpaired) electrons. The highest BCUT2D eigenvalue weighted by atomic mass is 16.1. The van der Waals surface area contributed by atoms with Crippen LogP contribution >= 0.6 is 0 Å². The van der Waals surface area contributed by atoms with Crippen molar-refractivity contribution in [1.82, 2.24) is 5.32 Å². The normalized spacial score (nSPS) is 19.9. The Morgan fingerprint density at radius 3 is 2.60 bits per heavy atom. The Bertz CT molecular complexity index is 245. The molecule has 1 aliphatic rings. The Balaban J connectivity index is 2.34. The van der Waals surface area contributed by atoms with Crippen LogP contribution in [0.15, 0.2) is 0 Å². The molecule has 1 aliphatic carbocycles. The summed E-state index contributed by atoms with van der Waals surface area (Å²) in [6.07, 6.45) is 6.02. The molecule has 0 spiro atoms. The van der Waals surface area contributed by atoms with Gasteiger partial charge in [-0.2, -0.15) is 5.26 Å². The molecule has 1 N–H and O–H groups in total. The lowest BCUT2D eigenvalue weighted by atomic mass is 9.82. The van der Waals surface area contributed by atoms with Crippen molar-refractivity contribution in [1.29, 1.82) is 5.26 Å². The number of unbranched alkanes of at least 4 members (excludes halogenated alkanes) is 2. The smallest absolute Gasteiger partial charge is 0.133 e. The molecule has 0 aromatic heterocycles. The highest BCUT2D eigenvalue weighted by Gasteiger charge is 2.33. The maximum atomic E-state index is 11.1. The van der Waals surface area contributed by atoms with Gasteiger partial charge in [-0.15, -0.1) is 0 Å². The van der Waals surface area contributed by atoms with Gasteiger partial charge in [-0.25, -0.2) is 0 Å². The van der Waals surface area contributed by atoms with Crippen LogP contribution in [0.2, 0.25) is 0 Å². The van der Waals surface area contributed by atoms with Gasteiger partial charge in [0.05, 0.1) is 6.07 Å². The number of hydrogen-bond donors (Lipinski definition) is 1. The summed E-state index contributed by atoms with van der Waals surface area (Å²) in [4.78, 5) is 11.1. The van der Waals surface area contributed by atoms with E-state index in [1.807, 2.05) is 0 Å². The van der Waals surface area contributed by atoms with Crippen LogP contribution in [-0.4, -0.2) is 17.9 Å². The molecule has 0 amide bonds. The van der Waals surface area contributed by atoms with E-state index < -0.39 is 5.54 Å². The zero-order valence-corrected chi connectivity index (χ0v) is 9.51. The number of nitriles is 1. The van der Waals surface area contributed by atoms with E-state index in [-0.39, 0.29) is 0 Å². The van der Waals surface area contributed by atoms with Crippen molar-refractivity contribution in [3.8, 4) is 6.07 Å². The molecule has 1 rings (SSSR count). The fourth-order valence-electron chi connectivity index (χ4n) is 1.99. The molecule has 1 fully saturated rings. The number of hydrogen-bond acceptors (Lipinski definition) is 3. The van der Waals surface area contributed by atoms with Gasteiger partial charge >= 0.3 is 0 Å². The predicted octanol–water partition coefficient (Wildman–Crippen LogP) is 2.17. The van der Waals surface area contributed by atoms with Crippen LogP contribution in [0.25, 0.3) is 0 Å². The van der Waals surface area contributed by atoms with Crippen molar-refractivity contribution in [2.24, 2.45) is 0 Å². The van der Waals surface area contributed by atoms with Gasteiger partial charge in [-0.3, -0.25) is 10.1 Å². The maximum absolute atomic E-state index is 11.1. The first-order valence-electron chi connectivity index (χ1n) is 5.90. The van der Waals surface area contributed by atoms with E-state index in [4.69, 9.17) is 5.26 Å². The minimum absolute atomic E-state index is 0.302. The molecule has 0 saturated heterocycles. The lowest BCUT2D eigenvalue weighted by molar-refractivity contribution is -0.121. The second-order valence-corrected chi connectivity index (χ2v) is 4.37. The molecule has 0 aromatic rings. The van der Waals surface area contributed by atoms with Gasteiger partial charge in [0.25, 0.3) is 0 Å². The fraction of sp³-hybridized carbons (Fsp3) is 0.833. The van der Waals surface area contributed by atoms with E-state index in [9.17, 15) is 4.79 Å². The van der Waals surface area contributed by atoms with Gasteiger partial charge in [-0.05, 0) is 25.8 Å². The van der Waals surface area contributed by atoms with Crippen LogP contribution in [0.1, 0.15) is 51.9 Å². The third-order valence-electron chi connectivity index (χ3n) is 3.12. The summed E-state index contributed by atoms with van der Waals surface area (Å²) in [5.74, 6) is 0.302. The minimum Gasteiger partial charge on any atom is -0.300 e. The first kappa shape index (κ1) is 12.2. The Kier molecular flexibility index (Phi) is 4.77. The third-order valence-corrected chi connectivity index (χ3v) is 3.12. The number of Topliss-reactive ketones (excluding diaryl/α,β-unsaturated/α-hetero) is 1. The summed E-state index contributed by atoms with van der Waals surface area (Å²) < 4.78 is 0. The van der Waals surface area contributed by atoms with Crippen molar-refractivity contribution in [2.75, 3.05) is 6.54 Å².